The Morgan fingerprint density at radius 2 is 1.73 bits per heavy atom. The lowest BCUT2D eigenvalue weighted by atomic mass is 10.0. The molecular weight excluding hydrogens is 186 g/mol. The number of nitrogens with zero attached hydrogens (tertiary/aromatic N) is 3. The van der Waals surface area contributed by atoms with Gasteiger partial charge in [-0.25, -0.2) is 0 Å². The zero-order valence-electron chi connectivity index (χ0n) is 7.96. The molecule has 3 rings (SSSR count). The molecule has 2 aromatic rings. The van der Waals surface area contributed by atoms with Crippen molar-refractivity contribution in [2.45, 2.75) is 0 Å². The average molecular weight is 194 g/mol. The van der Waals surface area contributed by atoms with Gasteiger partial charge in [0.2, 0.25) is 0 Å². The summed E-state index contributed by atoms with van der Waals surface area (Å²) in [6, 6.07) is 10.1. The van der Waals surface area contributed by atoms with Crippen LogP contribution in [0.15, 0.2) is 47.8 Å². The monoisotopic (exact) mass is 194 g/mol. The van der Waals surface area contributed by atoms with Crippen LogP contribution in [0.5, 0.6) is 0 Å². The lowest BCUT2D eigenvalue weighted by Crippen LogP contribution is -1.84. The van der Waals surface area contributed by atoms with Gasteiger partial charge in [-0.2, -0.15) is 10.5 Å². The van der Waals surface area contributed by atoms with Gasteiger partial charge in [-0.1, -0.05) is 6.07 Å². The van der Waals surface area contributed by atoms with Gasteiger partial charge in [0.1, 0.15) is 0 Å². The van der Waals surface area contributed by atoms with Gasteiger partial charge in [-0.15, -0.1) is 0 Å². The van der Waals surface area contributed by atoms with Crippen LogP contribution in [0.4, 0.5) is 5.69 Å². The van der Waals surface area contributed by atoms with Gasteiger partial charge in [0.05, 0.1) is 11.9 Å². The molecule has 0 N–H and O–H groups in total. The molecule has 71 valence electrons. The molecule has 1 aromatic carbocycles. The number of rotatable bonds is 1. The van der Waals surface area contributed by atoms with E-state index in [2.05, 4.69) is 21.6 Å². The first-order chi connectivity index (χ1) is 7.43. The van der Waals surface area contributed by atoms with Gasteiger partial charge in [0.15, 0.2) is 0 Å². The maximum absolute atomic E-state index is 4.00. The molecule has 15 heavy (non-hydrogen) atoms. The Labute approximate surface area is 87.5 Å². The second-order valence-electron chi connectivity index (χ2n) is 3.35. The Hall–Kier alpha value is -2.16. The minimum Gasteiger partial charge on any atom is -0.265 e. The fourth-order valence-electron chi connectivity index (χ4n) is 1.63. The van der Waals surface area contributed by atoms with E-state index < -0.39 is 0 Å². The second-order valence-corrected chi connectivity index (χ2v) is 3.35. The summed E-state index contributed by atoms with van der Waals surface area (Å²) in [6.07, 6.45) is 5.36. The molecule has 0 saturated carbocycles. The smallest absolute Gasteiger partial charge is 0.0945 e. The summed E-state index contributed by atoms with van der Waals surface area (Å²) < 4.78 is 0. The predicted molar refractivity (Wildman–Crippen MR) is 59.1 cm³/mol. The second kappa shape index (κ2) is 3.20. The number of pyridine rings is 1. The van der Waals surface area contributed by atoms with Crippen LogP contribution in [0, 0.1) is 0 Å². The molecule has 1 aliphatic rings. The highest BCUT2D eigenvalue weighted by Gasteiger charge is 2.08. The van der Waals surface area contributed by atoms with Crippen LogP contribution in [0.3, 0.4) is 0 Å². The molecular formula is C12H8N3. The maximum atomic E-state index is 4.00. The van der Waals surface area contributed by atoms with Crippen LogP contribution >= 0.6 is 0 Å². The summed E-state index contributed by atoms with van der Waals surface area (Å²) in [6.45, 7) is 0. The third kappa shape index (κ3) is 1.38. The topological polar surface area (TPSA) is 39.4 Å². The van der Waals surface area contributed by atoms with Gasteiger partial charge in [0, 0.05) is 18.0 Å². The molecule has 1 aromatic heterocycles. The lowest BCUT2D eigenvalue weighted by molar-refractivity contribution is 0.992. The first-order valence-corrected chi connectivity index (χ1v) is 4.72. The summed E-state index contributed by atoms with van der Waals surface area (Å²) in [4.78, 5) is 4.00. The minimum atomic E-state index is 0.938. The molecule has 0 unspecified atom stereocenters. The van der Waals surface area contributed by atoms with Crippen molar-refractivity contribution in [1.29, 1.82) is 0 Å². The highest BCUT2D eigenvalue weighted by Crippen LogP contribution is 2.25. The van der Waals surface area contributed by atoms with Crippen molar-refractivity contribution in [1.82, 2.24) is 10.4 Å². The van der Waals surface area contributed by atoms with E-state index in [0.29, 0.717) is 0 Å². The Balaban J connectivity index is 2.11. The van der Waals surface area contributed by atoms with Crippen molar-refractivity contribution >= 4 is 11.9 Å². The summed E-state index contributed by atoms with van der Waals surface area (Å²) in [5.41, 5.74) is 8.33. The number of fused-ring (bicyclic) bond motifs is 1. The van der Waals surface area contributed by atoms with Crippen LogP contribution in [-0.4, -0.2) is 11.2 Å². The third-order valence-corrected chi connectivity index (χ3v) is 2.40. The summed E-state index contributed by atoms with van der Waals surface area (Å²) >= 11 is 0. The fourth-order valence-corrected chi connectivity index (χ4v) is 1.63. The van der Waals surface area contributed by atoms with Gasteiger partial charge in [0.25, 0.3) is 0 Å². The van der Waals surface area contributed by atoms with Crippen molar-refractivity contribution in [3.05, 3.63) is 48.3 Å². The largest absolute Gasteiger partial charge is 0.265 e. The third-order valence-electron chi connectivity index (χ3n) is 2.40. The van der Waals surface area contributed by atoms with E-state index in [-0.39, 0.29) is 0 Å². The van der Waals surface area contributed by atoms with Crippen molar-refractivity contribution in [2.75, 3.05) is 0 Å². The summed E-state index contributed by atoms with van der Waals surface area (Å²) in [7, 11) is 0. The molecule has 0 atom stereocenters. The highest BCUT2D eigenvalue weighted by molar-refractivity contribution is 5.91. The number of hydrogen-bond donors (Lipinski definition) is 0. The number of benzene rings is 1. The molecule has 1 radical (unpaired) electrons. The molecule has 0 amide bonds. The van der Waals surface area contributed by atoms with Gasteiger partial charge >= 0.3 is 0 Å². The Morgan fingerprint density at radius 1 is 0.867 bits per heavy atom. The molecule has 2 heterocycles. The van der Waals surface area contributed by atoms with Crippen molar-refractivity contribution in [3.63, 3.8) is 0 Å². The summed E-state index contributed by atoms with van der Waals surface area (Å²) in [5, 5.41) is 3.87. The zero-order valence-corrected chi connectivity index (χ0v) is 7.96. The zero-order chi connectivity index (χ0) is 10.1. The van der Waals surface area contributed by atoms with E-state index in [1.54, 1.807) is 18.6 Å². The van der Waals surface area contributed by atoms with Crippen LogP contribution in [0.1, 0.15) is 5.56 Å². The van der Waals surface area contributed by atoms with Crippen molar-refractivity contribution in [3.8, 4) is 11.1 Å². The quantitative estimate of drug-likeness (QED) is 0.686. The predicted octanol–water partition coefficient (Wildman–Crippen LogP) is 2.33. The van der Waals surface area contributed by atoms with E-state index in [9.17, 15) is 0 Å². The molecule has 3 heteroatoms. The highest BCUT2D eigenvalue weighted by atomic mass is 15.3. The Kier molecular flexibility index (Phi) is 1.75. The van der Waals surface area contributed by atoms with E-state index >= 15 is 0 Å². The average Bonchev–Trinajstić information content (AvgIpc) is 2.77. The molecule has 0 saturated heterocycles. The Bertz CT molecular complexity index is 518. The first-order valence-electron chi connectivity index (χ1n) is 4.72. The fraction of sp³-hybridized carbons (Fsp3) is 0. The lowest BCUT2D eigenvalue weighted by Gasteiger charge is -2.02. The molecule has 0 spiro atoms. The number of hydrogen-bond acceptors (Lipinski definition) is 2. The van der Waals surface area contributed by atoms with E-state index in [0.717, 1.165) is 16.8 Å². The molecule has 0 aliphatic carbocycles. The summed E-state index contributed by atoms with van der Waals surface area (Å²) in [5.74, 6) is 0. The Morgan fingerprint density at radius 3 is 2.60 bits per heavy atom. The molecule has 3 nitrogen and oxygen atoms in total. The van der Waals surface area contributed by atoms with Gasteiger partial charge in [-0.3, -0.25) is 4.98 Å². The minimum absolute atomic E-state index is 0.938. The van der Waals surface area contributed by atoms with Gasteiger partial charge in [-0.05, 0) is 35.4 Å². The van der Waals surface area contributed by atoms with Crippen LogP contribution in [0.25, 0.3) is 11.1 Å². The van der Waals surface area contributed by atoms with Crippen LogP contribution < -0.4 is 5.43 Å². The normalized spacial score (nSPS) is 12.3. The van der Waals surface area contributed by atoms with Crippen molar-refractivity contribution < 1.29 is 0 Å². The van der Waals surface area contributed by atoms with Crippen LogP contribution in [0.2, 0.25) is 0 Å². The van der Waals surface area contributed by atoms with Crippen molar-refractivity contribution in [2.24, 2.45) is 5.10 Å². The number of aromatic nitrogens is 1. The molecule has 1 aliphatic heterocycles. The maximum Gasteiger partial charge on any atom is 0.0945 e. The first kappa shape index (κ1) is 8.17. The van der Waals surface area contributed by atoms with E-state index in [4.69, 9.17) is 0 Å². The SMILES string of the molecule is C1=N[N]c2ccc(-c3ccncc3)cc21. The molecule has 0 bridgehead atoms. The van der Waals surface area contributed by atoms with E-state index in [1.807, 2.05) is 24.3 Å². The van der Waals surface area contributed by atoms with E-state index in [1.165, 1.54) is 5.56 Å². The molecule has 0 fully saturated rings. The van der Waals surface area contributed by atoms with Crippen LogP contribution in [-0.2, 0) is 0 Å². The standard InChI is InChI=1S/C12H8N3/c1-2-12-11(8-14-15-12)7-10(1)9-3-5-13-6-4-9/h1-8H. The van der Waals surface area contributed by atoms with Gasteiger partial charge < -0.3 is 0 Å².